The van der Waals surface area contributed by atoms with Crippen molar-refractivity contribution < 1.29 is 9.59 Å². The normalized spacial score (nSPS) is 26.2. The number of likely N-dealkylation sites (N-methyl/N-ethyl adjacent to an activating group) is 1. The molecule has 2 aliphatic rings. The number of halogens is 1. The van der Waals surface area contributed by atoms with E-state index in [-0.39, 0.29) is 30.4 Å². The summed E-state index contributed by atoms with van der Waals surface area (Å²) in [6.07, 6.45) is 0.676. The SMILES string of the molecule is CC(C)N1CC(=O)N([C@@H](C)c2ccc(Cl)cc2)C2(CCN(C)C2)C1=O. The summed E-state index contributed by atoms with van der Waals surface area (Å²) < 4.78 is 0. The van der Waals surface area contributed by atoms with E-state index >= 15 is 0 Å². The van der Waals surface area contributed by atoms with Crippen LogP contribution < -0.4 is 0 Å². The second kappa shape index (κ2) is 6.61. The maximum atomic E-state index is 13.4. The van der Waals surface area contributed by atoms with Gasteiger partial charge in [-0.25, -0.2) is 0 Å². The van der Waals surface area contributed by atoms with E-state index in [1.165, 1.54) is 0 Å². The zero-order valence-corrected chi connectivity index (χ0v) is 16.1. The monoisotopic (exact) mass is 363 g/mol. The molecule has 1 spiro atoms. The summed E-state index contributed by atoms with van der Waals surface area (Å²) in [6, 6.07) is 7.38. The first-order valence-electron chi connectivity index (χ1n) is 8.83. The van der Waals surface area contributed by atoms with Crippen LogP contribution in [0.1, 0.15) is 38.8 Å². The molecule has 2 aliphatic heterocycles. The van der Waals surface area contributed by atoms with Crippen LogP contribution in [0, 0.1) is 0 Å². The van der Waals surface area contributed by atoms with Crippen LogP contribution in [0.4, 0.5) is 0 Å². The molecule has 2 heterocycles. The molecule has 25 heavy (non-hydrogen) atoms. The van der Waals surface area contributed by atoms with Gasteiger partial charge in [-0.1, -0.05) is 23.7 Å². The van der Waals surface area contributed by atoms with E-state index in [4.69, 9.17) is 11.6 Å². The van der Waals surface area contributed by atoms with Gasteiger partial charge in [-0.15, -0.1) is 0 Å². The van der Waals surface area contributed by atoms with Crippen LogP contribution in [0.15, 0.2) is 24.3 Å². The van der Waals surface area contributed by atoms with Crippen LogP contribution in [-0.2, 0) is 9.59 Å². The molecule has 2 amide bonds. The summed E-state index contributed by atoms with van der Waals surface area (Å²) in [5.74, 6) is 0.0957. The number of hydrogen-bond donors (Lipinski definition) is 0. The minimum Gasteiger partial charge on any atom is -0.329 e. The molecule has 136 valence electrons. The minimum absolute atomic E-state index is 0.0195. The van der Waals surface area contributed by atoms with E-state index in [0.717, 1.165) is 12.1 Å². The van der Waals surface area contributed by atoms with Gasteiger partial charge in [0.1, 0.15) is 12.1 Å². The Morgan fingerprint density at radius 1 is 1.12 bits per heavy atom. The molecule has 5 nitrogen and oxygen atoms in total. The molecular weight excluding hydrogens is 338 g/mol. The molecule has 1 aromatic rings. The second-order valence-electron chi connectivity index (χ2n) is 7.54. The lowest BCUT2D eigenvalue weighted by Gasteiger charge is -2.51. The Morgan fingerprint density at radius 2 is 1.76 bits per heavy atom. The summed E-state index contributed by atoms with van der Waals surface area (Å²) in [5.41, 5.74) is 0.227. The van der Waals surface area contributed by atoms with E-state index in [0.29, 0.717) is 18.0 Å². The Kier molecular flexibility index (Phi) is 4.82. The first kappa shape index (κ1) is 18.2. The van der Waals surface area contributed by atoms with E-state index in [1.54, 1.807) is 4.90 Å². The Morgan fingerprint density at radius 3 is 2.28 bits per heavy atom. The topological polar surface area (TPSA) is 43.9 Å². The summed E-state index contributed by atoms with van der Waals surface area (Å²) in [6.45, 7) is 7.48. The van der Waals surface area contributed by atoms with Crippen molar-refractivity contribution in [1.82, 2.24) is 14.7 Å². The Labute approximate surface area is 154 Å². The maximum absolute atomic E-state index is 13.4. The quantitative estimate of drug-likeness (QED) is 0.829. The molecule has 0 radical (unpaired) electrons. The molecule has 2 saturated heterocycles. The Hall–Kier alpha value is -1.59. The van der Waals surface area contributed by atoms with Gasteiger partial charge in [-0.05, 0) is 51.9 Å². The van der Waals surface area contributed by atoms with Crippen molar-refractivity contribution >= 4 is 23.4 Å². The highest BCUT2D eigenvalue weighted by Crippen LogP contribution is 2.39. The molecule has 1 unspecified atom stereocenters. The molecule has 0 N–H and O–H groups in total. The van der Waals surface area contributed by atoms with E-state index in [1.807, 2.05) is 57.0 Å². The van der Waals surface area contributed by atoms with Crippen LogP contribution in [0.5, 0.6) is 0 Å². The zero-order chi connectivity index (χ0) is 18.4. The highest BCUT2D eigenvalue weighted by Gasteiger charge is 2.57. The van der Waals surface area contributed by atoms with Crippen LogP contribution in [0.25, 0.3) is 0 Å². The largest absolute Gasteiger partial charge is 0.329 e. The van der Waals surface area contributed by atoms with Gasteiger partial charge in [0.25, 0.3) is 5.91 Å². The van der Waals surface area contributed by atoms with E-state index in [9.17, 15) is 9.59 Å². The van der Waals surface area contributed by atoms with Crippen LogP contribution in [0.3, 0.4) is 0 Å². The molecule has 6 heteroatoms. The van der Waals surface area contributed by atoms with E-state index < -0.39 is 5.54 Å². The van der Waals surface area contributed by atoms with Crippen molar-refractivity contribution in [2.24, 2.45) is 0 Å². The highest BCUT2D eigenvalue weighted by molar-refractivity contribution is 6.30. The zero-order valence-electron chi connectivity index (χ0n) is 15.3. The van der Waals surface area contributed by atoms with Gasteiger partial charge < -0.3 is 14.7 Å². The molecule has 1 aromatic carbocycles. The molecule has 0 aliphatic carbocycles. The molecule has 0 aromatic heterocycles. The molecule has 3 rings (SSSR count). The molecule has 0 saturated carbocycles. The van der Waals surface area contributed by atoms with Crippen LogP contribution in [0.2, 0.25) is 5.02 Å². The first-order valence-corrected chi connectivity index (χ1v) is 9.21. The molecular formula is C19H26ClN3O2. The van der Waals surface area contributed by atoms with E-state index in [2.05, 4.69) is 4.90 Å². The third kappa shape index (κ3) is 3.04. The lowest BCUT2D eigenvalue weighted by molar-refractivity contribution is -0.169. The summed E-state index contributed by atoms with van der Waals surface area (Å²) >= 11 is 6.00. The van der Waals surface area contributed by atoms with Gasteiger partial charge >= 0.3 is 0 Å². The molecule has 2 atom stereocenters. The lowest BCUT2D eigenvalue weighted by Crippen LogP contribution is -2.70. The van der Waals surface area contributed by atoms with Gasteiger partial charge in [0, 0.05) is 24.2 Å². The number of amides is 2. The average molecular weight is 364 g/mol. The highest BCUT2D eigenvalue weighted by atomic mass is 35.5. The van der Waals surface area contributed by atoms with Crippen molar-refractivity contribution in [2.45, 2.75) is 44.8 Å². The predicted molar refractivity (Wildman–Crippen MR) is 98.4 cm³/mol. The fraction of sp³-hybridized carbons (Fsp3) is 0.579. The number of carbonyl (C=O) groups excluding carboxylic acids is 2. The summed E-state index contributed by atoms with van der Waals surface area (Å²) in [7, 11) is 2.01. The first-order chi connectivity index (χ1) is 11.8. The van der Waals surface area contributed by atoms with Crippen molar-refractivity contribution in [2.75, 3.05) is 26.7 Å². The Bertz CT molecular complexity index is 676. The van der Waals surface area contributed by atoms with Gasteiger partial charge in [0.05, 0.1) is 6.04 Å². The number of benzene rings is 1. The predicted octanol–water partition coefficient (Wildman–Crippen LogP) is 2.55. The Balaban J connectivity index is 2.02. The fourth-order valence-electron chi connectivity index (χ4n) is 4.15. The number of piperazine rings is 1. The third-order valence-electron chi connectivity index (χ3n) is 5.50. The fourth-order valence-corrected chi connectivity index (χ4v) is 4.27. The van der Waals surface area contributed by atoms with Crippen LogP contribution in [-0.4, -0.2) is 64.8 Å². The maximum Gasteiger partial charge on any atom is 0.250 e. The van der Waals surface area contributed by atoms with Crippen molar-refractivity contribution in [3.8, 4) is 0 Å². The minimum atomic E-state index is -0.770. The van der Waals surface area contributed by atoms with Crippen molar-refractivity contribution in [3.05, 3.63) is 34.9 Å². The summed E-state index contributed by atoms with van der Waals surface area (Å²) in [4.78, 5) is 32.2. The number of hydrogen-bond acceptors (Lipinski definition) is 3. The molecule has 2 fully saturated rings. The van der Waals surface area contributed by atoms with Crippen molar-refractivity contribution in [1.29, 1.82) is 0 Å². The smallest absolute Gasteiger partial charge is 0.250 e. The standard InChI is InChI=1S/C19H26ClN3O2/c1-13(2)22-11-17(24)23(14(3)15-5-7-16(20)8-6-15)19(18(22)25)9-10-21(4)12-19/h5-8,13-14H,9-12H2,1-4H3/t14-,19?/m0/s1. The number of carbonyl (C=O) groups is 2. The van der Waals surface area contributed by atoms with Crippen molar-refractivity contribution in [3.63, 3.8) is 0 Å². The van der Waals surface area contributed by atoms with Crippen LogP contribution >= 0.6 is 11.6 Å². The second-order valence-corrected chi connectivity index (χ2v) is 7.97. The van der Waals surface area contributed by atoms with Gasteiger partial charge in [-0.3, -0.25) is 9.59 Å². The lowest BCUT2D eigenvalue weighted by atomic mass is 9.87. The number of rotatable bonds is 3. The van der Waals surface area contributed by atoms with Gasteiger partial charge in [0.15, 0.2) is 0 Å². The molecule has 0 bridgehead atoms. The number of nitrogens with zero attached hydrogens (tertiary/aromatic N) is 3. The average Bonchev–Trinajstić information content (AvgIpc) is 2.94. The summed E-state index contributed by atoms with van der Waals surface area (Å²) in [5, 5.41) is 0.665. The third-order valence-corrected chi connectivity index (χ3v) is 5.75. The number of likely N-dealkylation sites (tertiary alicyclic amines) is 1. The van der Waals surface area contributed by atoms with Gasteiger partial charge in [-0.2, -0.15) is 0 Å². The van der Waals surface area contributed by atoms with Gasteiger partial charge in [0.2, 0.25) is 5.91 Å².